The Bertz CT molecular complexity index is 1050. The Morgan fingerprint density at radius 2 is 1.53 bits per heavy atom. The van der Waals surface area contributed by atoms with E-state index in [2.05, 4.69) is 15.9 Å². The Morgan fingerprint density at radius 3 is 2.23 bits per heavy atom. The summed E-state index contributed by atoms with van der Waals surface area (Å²) < 4.78 is 0.750. The number of imide groups is 2. The van der Waals surface area contributed by atoms with E-state index >= 15 is 0 Å². The van der Waals surface area contributed by atoms with Crippen LogP contribution in [0.4, 0.5) is 0 Å². The van der Waals surface area contributed by atoms with Gasteiger partial charge >= 0.3 is 0 Å². The van der Waals surface area contributed by atoms with Crippen molar-refractivity contribution in [3.63, 3.8) is 0 Å². The fourth-order valence-corrected chi connectivity index (χ4v) is 6.40. The number of halogens is 1. The van der Waals surface area contributed by atoms with Crippen LogP contribution in [-0.2, 0) is 19.2 Å². The van der Waals surface area contributed by atoms with Gasteiger partial charge in [-0.3, -0.25) is 29.0 Å². The number of hydrogen-bond donors (Lipinski definition) is 1. The smallest absolute Gasteiger partial charge is 0.233 e. The van der Waals surface area contributed by atoms with E-state index in [4.69, 9.17) is 0 Å². The van der Waals surface area contributed by atoms with Crippen LogP contribution in [0.3, 0.4) is 0 Å². The molecule has 2 aliphatic carbocycles. The van der Waals surface area contributed by atoms with Gasteiger partial charge in [-0.05, 0) is 37.0 Å². The molecular weight excluding hydrogens is 452 g/mol. The van der Waals surface area contributed by atoms with Crippen molar-refractivity contribution in [3.05, 3.63) is 39.9 Å². The standard InChI is InChI=1S/C22H21BrN2O5/c1-24-19(27)11-5-4-10-12(17(11)21(24)29)8-14-18(22(30)25(2)20(14)28)16(10)13-7-9(23)3-6-15(13)26/h3-4,6-7,11-12,14,16-18,26H,5,8H2,1-2H3. The summed E-state index contributed by atoms with van der Waals surface area (Å²) in [5, 5.41) is 10.7. The van der Waals surface area contributed by atoms with E-state index < -0.39 is 29.6 Å². The zero-order valence-electron chi connectivity index (χ0n) is 16.5. The van der Waals surface area contributed by atoms with E-state index in [1.54, 1.807) is 18.2 Å². The monoisotopic (exact) mass is 472 g/mol. The second-order valence-corrected chi connectivity index (χ2v) is 9.61. The van der Waals surface area contributed by atoms with E-state index in [0.717, 1.165) is 10.0 Å². The molecule has 6 unspecified atom stereocenters. The topological polar surface area (TPSA) is 95.0 Å². The van der Waals surface area contributed by atoms with Gasteiger partial charge in [-0.2, -0.15) is 0 Å². The van der Waals surface area contributed by atoms with Crippen LogP contribution in [0.2, 0.25) is 0 Å². The number of benzene rings is 1. The minimum Gasteiger partial charge on any atom is -0.508 e. The lowest BCUT2D eigenvalue weighted by atomic mass is 9.57. The van der Waals surface area contributed by atoms with Crippen LogP contribution in [0.1, 0.15) is 24.3 Å². The van der Waals surface area contributed by atoms with Crippen molar-refractivity contribution in [2.24, 2.45) is 29.6 Å². The Labute approximate surface area is 181 Å². The third kappa shape index (κ3) is 2.43. The Kier molecular flexibility index (Phi) is 4.23. The summed E-state index contributed by atoms with van der Waals surface area (Å²) in [6.45, 7) is 0. The number of rotatable bonds is 1. The molecule has 1 saturated carbocycles. The molecule has 2 saturated heterocycles. The normalized spacial score (nSPS) is 35.4. The lowest BCUT2D eigenvalue weighted by molar-refractivity contribution is -0.140. The maximum Gasteiger partial charge on any atom is 0.233 e. The predicted octanol–water partition coefficient (Wildman–Crippen LogP) is 2.05. The number of likely N-dealkylation sites (tertiary alicyclic amines) is 2. The van der Waals surface area contributed by atoms with Gasteiger partial charge in [0.15, 0.2) is 0 Å². The molecule has 0 spiro atoms. The van der Waals surface area contributed by atoms with Gasteiger partial charge < -0.3 is 5.11 Å². The number of carbonyl (C=O) groups is 4. The third-order valence-electron chi connectivity index (χ3n) is 7.41. The fraction of sp³-hybridized carbons (Fsp3) is 0.455. The number of fused-ring (bicyclic) bond motifs is 4. The molecule has 0 aromatic heterocycles. The van der Waals surface area contributed by atoms with Crippen molar-refractivity contribution < 1.29 is 24.3 Å². The number of allylic oxidation sites excluding steroid dienone is 2. The minimum absolute atomic E-state index is 0.0476. The van der Waals surface area contributed by atoms with Gasteiger partial charge in [0.25, 0.3) is 0 Å². The number of amides is 4. The predicted molar refractivity (Wildman–Crippen MR) is 109 cm³/mol. The number of phenols is 1. The first-order chi connectivity index (χ1) is 14.2. The first-order valence-corrected chi connectivity index (χ1v) is 10.8. The quantitative estimate of drug-likeness (QED) is 0.498. The van der Waals surface area contributed by atoms with E-state index in [9.17, 15) is 24.3 Å². The van der Waals surface area contributed by atoms with Crippen molar-refractivity contribution in [1.82, 2.24) is 9.80 Å². The van der Waals surface area contributed by atoms with E-state index in [-0.39, 0.29) is 35.3 Å². The fourth-order valence-electron chi connectivity index (χ4n) is 6.03. The lowest BCUT2D eigenvalue weighted by Gasteiger charge is -2.44. The van der Waals surface area contributed by atoms with Crippen LogP contribution in [0.15, 0.2) is 34.3 Å². The second kappa shape index (κ2) is 6.51. The summed E-state index contributed by atoms with van der Waals surface area (Å²) in [5.41, 5.74) is 1.45. The van der Waals surface area contributed by atoms with Gasteiger partial charge in [0.2, 0.25) is 23.6 Å². The van der Waals surface area contributed by atoms with Gasteiger partial charge in [0, 0.05) is 30.0 Å². The molecule has 1 aromatic rings. The highest BCUT2D eigenvalue weighted by Gasteiger charge is 2.61. The molecule has 0 bridgehead atoms. The molecule has 156 valence electrons. The zero-order valence-corrected chi connectivity index (χ0v) is 18.1. The van der Waals surface area contributed by atoms with Gasteiger partial charge in [-0.15, -0.1) is 0 Å². The van der Waals surface area contributed by atoms with Gasteiger partial charge in [-0.1, -0.05) is 27.6 Å². The maximum atomic E-state index is 13.1. The van der Waals surface area contributed by atoms with Crippen molar-refractivity contribution >= 4 is 39.6 Å². The molecule has 4 amide bonds. The molecule has 6 atom stereocenters. The number of nitrogens with zero attached hydrogens (tertiary/aromatic N) is 2. The lowest BCUT2D eigenvalue weighted by Crippen LogP contribution is -2.42. The Morgan fingerprint density at radius 1 is 0.900 bits per heavy atom. The third-order valence-corrected chi connectivity index (χ3v) is 7.91. The van der Waals surface area contributed by atoms with Crippen molar-refractivity contribution in [3.8, 4) is 5.75 Å². The van der Waals surface area contributed by atoms with Crippen LogP contribution >= 0.6 is 15.9 Å². The highest BCUT2D eigenvalue weighted by molar-refractivity contribution is 9.10. The molecule has 5 rings (SSSR count). The molecule has 4 aliphatic rings. The molecule has 30 heavy (non-hydrogen) atoms. The van der Waals surface area contributed by atoms with E-state index in [0.29, 0.717) is 18.4 Å². The van der Waals surface area contributed by atoms with Crippen molar-refractivity contribution in [2.75, 3.05) is 14.1 Å². The summed E-state index contributed by atoms with van der Waals surface area (Å²) in [7, 11) is 2.99. The van der Waals surface area contributed by atoms with Crippen LogP contribution in [0, 0.1) is 29.6 Å². The van der Waals surface area contributed by atoms with Crippen molar-refractivity contribution in [1.29, 1.82) is 0 Å². The molecule has 1 N–H and O–H groups in total. The van der Waals surface area contributed by atoms with Gasteiger partial charge in [0.1, 0.15) is 5.75 Å². The molecule has 2 heterocycles. The van der Waals surface area contributed by atoms with Crippen LogP contribution in [0.25, 0.3) is 0 Å². The maximum absolute atomic E-state index is 13.1. The van der Waals surface area contributed by atoms with Gasteiger partial charge in [-0.25, -0.2) is 0 Å². The number of phenolic OH excluding ortho intramolecular Hbond substituents is 1. The molecular formula is C22H21BrN2O5. The highest BCUT2D eigenvalue weighted by Crippen LogP contribution is 2.58. The number of carbonyl (C=O) groups excluding carboxylic acids is 4. The molecule has 3 fully saturated rings. The van der Waals surface area contributed by atoms with Crippen LogP contribution < -0.4 is 0 Å². The SMILES string of the molecule is CN1C(=O)C2CC=C3C(CC4C(=O)N(C)C(=O)C4C3c3cc(Br)ccc3O)C2C1=O. The summed E-state index contributed by atoms with van der Waals surface area (Å²) in [5.74, 6) is -3.82. The van der Waals surface area contributed by atoms with Crippen molar-refractivity contribution in [2.45, 2.75) is 18.8 Å². The van der Waals surface area contributed by atoms with Crippen LogP contribution in [-0.4, -0.2) is 52.6 Å². The zero-order chi connectivity index (χ0) is 21.5. The molecule has 7 nitrogen and oxygen atoms in total. The minimum atomic E-state index is -0.619. The summed E-state index contributed by atoms with van der Waals surface area (Å²) in [6.07, 6.45) is 2.75. The Hall–Kier alpha value is -2.48. The molecule has 1 aromatic carbocycles. The number of aromatic hydroxyl groups is 1. The molecule has 8 heteroatoms. The average molecular weight is 473 g/mol. The van der Waals surface area contributed by atoms with Gasteiger partial charge in [0.05, 0.1) is 23.7 Å². The summed E-state index contributed by atoms with van der Waals surface area (Å²) in [4.78, 5) is 53.8. The largest absolute Gasteiger partial charge is 0.508 e. The van der Waals surface area contributed by atoms with E-state index in [1.807, 2.05) is 6.08 Å². The average Bonchev–Trinajstić information content (AvgIpc) is 3.08. The molecule has 2 aliphatic heterocycles. The number of hydrogen-bond acceptors (Lipinski definition) is 5. The first-order valence-electron chi connectivity index (χ1n) is 10.0. The summed E-state index contributed by atoms with van der Waals surface area (Å²) in [6, 6.07) is 5.05. The van der Waals surface area contributed by atoms with Crippen LogP contribution in [0.5, 0.6) is 5.75 Å². The molecule has 0 radical (unpaired) electrons. The summed E-state index contributed by atoms with van der Waals surface area (Å²) >= 11 is 3.43. The highest BCUT2D eigenvalue weighted by atomic mass is 79.9. The second-order valence-electron chi connectivity index (χ2n) is 8.70. The Balaban J connectivity index is 1.69. The first kappa shape index (κ1) is 19.5. The van der Waals surface area contributed by atoms with E-state index in [1.165, 1.54) is 23.9 Å².